The van der Waals surface area contributed by atoms with Crippen molar-refractivity contribution in [2.24, 2.45) is 0 Å². The molecule has 1 aromatic rings. The van der Waals surface area contributed by atoms with Crippen LogP contribution < -0.4 is 0 Å². The molecule has 3 rings (SSSR count). The lowest BCUT2D eigenvalue weighted by atomic mass is 9.98. The Bertz CT molecular complexity index is 517. The molecule has 0 spiro atoms. The van der Waals surface area contributed by atoms with Crippen LogP contribution in [0.2, 0.25) is 0 Å². The average molecular weight is 333 g/mol. The van der Waals surface area contributed by atoms with Crippen molar-refractivity contribution in [2.45, 2.75) is 37.9 Å². The molecule has 0 radical (unpaired) electrons. The van der Waals surface area contributed by atoms with Gasteiger partial charge in [-0.1, -0.05) is 18.2 Å². The fourth-order valence-electron chi connectivity index (χ4n) is 4.18. The van der Waals surface area contributed by atoms with E-state index in [0.717, 1.165) is 38.2 Å². The van der Waals surface area contributed by atoms with E-state index in [4.69, 9.17) is 0 Å². The second kappa shape index (κ2) is 8.30. The normalized spacial score (nSPS) is 25.2. The van der Waals surface area contributed by atoms with Crippen LogP contribution in [0.25, 0.3) is 0 Å². The molecule has 0 aromatic heterocycles. The van der Waals surface area contributed by atoms with E-state index in [2.05, 4.69) is 21.7 Å². The molecule has 1 atom stereocenters. The first-order chi connectivity index (χ1) is 11.7. The minimum absolute atomic E-state index is 0.248. The molecule has 5 nitrogen and oxygen atoms in total. The van der Waals surface area contributed by atoms with E-state index in [1.54, 1.807) is 6.07 Å². The summed E-state index contributed by atoms with van der Waals surface area (Å²) in [4.78, 5) is 7.47. The highest BCUT2D eigenvalue weighted by atomic mass is 16.3. The molecule has 2 saturated heterocycles. The van der Waals surface area contributed by atoms with Crippen molar-refractivity contribution in [3.8, 4) is 5.75 Å². The minimum atomic E-state index is 0.248. The lowest BCUT2D eigenvalue weighted by Gasteiger charge is -2.47. The zero-order chi connectivity index (χ0) is 16.9. The summed E-state index contributed by atoms with van der Waals surface area (Å²) in [5.41, 5.74) is 0.994. The summed E-state index contributed by atoms with van der Waals surface area (Å²) in [5.74, 6) is 0.383. The molecule has 0 saturated carbocycles. The zero-order valence-corrected chi connectivity index (χ0v) is 14.8. The molecule has 2 aliphatic rings. The number of benzene rings is 1. The number of aromatic hydroxyl groups is 1. The van der Waals surface area contributed by atoms with E-state index in [-0.39, 0.29) is 6.61 Å². The van der Waals surface area contributed by atoms with Gasteiger partial charge < -0.3 is 15.1 Å². The van der Waals surface area contributed by atoms with Gasteiger partial charge in [-0.15, -0.1) is 0 Å². The van der Waals surface area contributed by atoms with Crippen molar-refractivity contribution in [1.82, 2.24) is 14.7 Å². The predicted octanol–water partition coefficient (Wildman–Crippen LogP) is 1.35. The Labute approximate surface area is 145 Å². The average Bonchev–Trinajstić information content (AvgIpc) is 2.59. The van der Waals surface area contributed by atoms with Crippen LogP contribution in [-0.4, -0.2) is 83.4 Å². The number of para-hydroxylation sites is 1. The Morgan fingerprint density at radius 3 is 2.54 bits per heavy atom. The first-order valence-corrected chi connectivity index (χ1v) is 9.21. The molecule has 2 aliphatic heterocycles. The smallest absolute Gasteiger partial charge is 0.120 e. The number of hydrogen-bond donors (Lipinski definition) is 2. The van der Waals surface area contributed by atoms with Crippen molar-refractivity contribution in [3.63, 3.8) is 0 Å². The summed E-state index contributed by atoms with van der Waals surface area (Å²) in [6, 6.07) is 8.68. The monoisotopic (exact) mass is 333 g/mol. The topological polar surface area (TPSA) is 50.2 Å². The number of nitrogens with zero attached hydrogens (tertiary/aromatic N) is 3. The number of aliphatic hydroxyl groups is 1. The summed E-state index contributed by atoms with van der Waals surface area (Å²) < 4.78 is 0. The number of phenolic OH excluding ortho intramolecular Hbond substituents is 1. The van der Waals surface area contributed by atoms with E-state index < -0.39 is 0 Å². The molecule has 1 aromatic carbocycles. The Morgan fingerprint density at radius 2 is 1.83 bits per heavy atom. The lowest BCUT2D eigenvalue weighted by Crippen LogP contribution is -2.58. The molecular weight excluding hydrogens is 302 g/mol. The van der Waals surface area contributed by atoms with Crippen LogP contribution in [0.4, 0.5) is 0 Å². The van der Waals surface area contributed by atoms with Crippen LogP contribution in [0, 0.1) is 0 Å². The number of piperidine rings is 1. The van der Waals surface area contributed by atoms with Crippen LogP contribution in [0.3, 0.4) is 0 Å². The van der Waals surface area contributed by atoms with Crippen molar-refractivity contribution in [2.75, 3.05) is 46.4 Å². The largest absolute Gasteiger partial charge is 0.508 e. The fourth-order valence-corrected chi connectivity index (χ4v) is 4.18. The van der Waals surface area contributed by atoms with Gasteiger partial charge in [0.15, 0.2) is 0 Å². The van der Waals surface area contributed by atoms with Crippen LogP contribution >= 0.6 is 0 Å². The third kappa shape index (κ3) is 4.28. The molecule has 2 fully saturated rings. The number of aliphatic hydroxyl groups excluding tert-OH is 1. The van der Waals surface area contributed by atoms with Crippen molar-refractivity contribution < 1.29 is 10.2 Å². The zero-order valence-electron chi connectivity index (χ0n) is 14.8. The van der Waals surface area contributed by atoms with Gasteiger partial charge in [0.2, 0.25) is 0 Å². The number of piperazine rings is 1. The molecule has 134 valence electrons. The van der Waals surface area contributed by atoms with Crippen LogP contribution in [-0.2, 0) is 6.54 Å². The summed E-state index contributed by atoms with van der Waals surface area (Å²) in [5, 5.41) is 19.5. The van der Waals surface area contributed by atoms with Gasteiger partial charge >= 0.3 is 0 Å². The molecule has 2 N–H and O–H groups in total. The Balaban J connectivity index is 1.61. The SMILES string of the molecule is CN1CCC(N2CCN(Cc3ccccc3O)C[C@@H]2CCO)CC1. The van der Waals surface area contributed by atoms with Gasteiger partial charge in [-0.2, -0.15) is 0 Å². The summed E-state index contributed by atoms with van der Waals surface area (Å²) >= 11 is 0. The van der Waals surface area contributed by atoms with Crippen LogP contribution in [0.15, 0.2) is 24.3 Å². The van der Waals surface area contributed by atoms with E-state index in [1.807, 2.05) is 18.2 Å². The highest BCUT2D eigenvalue weighted by Crippen LogP contribution is 2.25. The van der Waals surface area contributed by atoms with E-state index in [1.165, 1.54) is 25.9 Å². The number of rotatable bonds is 5. The summed E-state index contributed by atoms with van der Waals surface area (Å²) in [6.45, 7) is 6.45. The van der Waals surface area contributed by atoms with Crippen molar-refractivity contribution in [3.05, 3.63) is 29.8 Å². The third-order valence-corrected chi connectivity index (χ3v) is 5.62. The standard InChI is InChI=1S/C19H31N3O2/c1-20-9-6-17(7-10-20)22-12-11-21(15-18(22)8-13-23)14-16-4-2-3-5-19(16)24/h2-5,17-18,23-24H,6-15H2,1H3/t18-/m0/s1. The van der Waals surface area contributed by atoms with Gasteiger partial charge in [0.1, 0.15) is 5.75 Å². The first-order valence-electron chi connectivity index (χ1n) is 9.21. The lowest BCUT2D eigenvalue weighted by molar-refractivity contribution is 0.00581. The summed E-state index contributed by atoms with van der Waals surface area (Å²) in [6.07, 6.45) is 3.30. The molecular formula is C19H31N3O2. The Hall–Kier alpha value is -1.14. The maximum Gasteiger partial charge on any atom is 0.120 e. The predicted molar refractivity (Wildman–Crippen MR) is 96.1 cm³/mol. The van der Waals surface area contributed by atoms with Gasteiger partial charge in [0.25, 0.3) is 0 Å². The van der Waals surface area contributed by atoms with E-state index in [0.29, 0.717) is 17.8 Å². The van der Waals surface area contributed by atoms with Crippen LogP contribution in [0.1, 0.15) is 24.8 Å². The van der Waals surface area contributed by atoms with Gasteiger partial charge in [-0.25, -0.2) is 0 Å². The maximum atomic E-state index is 10.0. The highest BCUT2D eigenvalue weighted by Gasteiger charge is 2.33. The summed E-state index contributed by atoms with van der Waals surface area (Å²) in [7, 11) is 2.20. The first kappa shape index (κ1) is 17.7. The molecule has 0 unspecified atom stereocenters. The van der Waals surface area contributed by atoms with Gasteiger partial charge in [0.05, 0.1) is 0 Å². The highest BCUT2D eigenvalue weighted by molar-refractivity contribution is 5.31. The Kier molecular flexibility index (Phi) is 6.11. The van der Waals surface area contributed by atoms with Crippen molar-refractivity contribution in [1.29, 1.82) is 0 Å². The minimum Gasteiger partial charge on any atom is -0.508 e. The molecule has 5 heteroatoms. The molecule has 0 amide bonds. The molecule has 0 aliphatic carbocycles. The number of likely N-dealkylation sites (tertiary alicyclic amines) is 1. The fraction of sp³-hybridized carbons (Fsp3) is 0.684. The maximum absolute atomic E-state index is 10.0. The Morgan fingerprint density at radius 1 is 1.08 bits per heavy atom. The van der Waals surface area contributed by atoms with E-state index in [9.17, 15) is 10.2 Å². The van der Waals surface area contributed by atoms with Crippen molar-refractivity contribution >= 4 is 0 Å². The second-order valence-electron chi connectivity index (χ2n) is 7.30. The third-order valence-electron chi connectivity index (χ3n) is 5.62. The molecule has 24 heavy (non-hydrogen) atoms. The quantitative estimate of drug-likeness (QED) is 0.852. The number of phenols is 1. The second-order valence-corrected chi connectivity index (χ2v) is 7.30. The van der Waals surface area contributed by atoms with E-state index >= 15 is 0 Å². The molecule has 0 bridgehead atoms. The van der Waals surface area contributed by atoms with Gasteiger partial charge in [0, 0.05) is 50.4 Å². The molecule has 2 heterocycles. The van der Waals surface area contributed by atoms with Gasteiger partial charge in [-0.3, -0.25) is 9.80 Å². The van der Waals surface area contributed by atoms with Gasteiger partial charge in [-0.05, 0) is 45.5 Å². The van der Waals surface area contributed by atoms with Crippen LogP contribution in [0.5, 0.6) is 5.75 Å². The number of hydrogen-bond acceptors (Lipinski definition) is 5.